The summed E-state index contributed by atoms with van der Waals surface area (Å²) in [6.45, 7) is 4.57. The Labute approximate surface area is 582 Å². The zero-order chi connectivity index (χ0) is 70.4. The van der Waals surface area contributed by atoms with Crippen LogP contribution >= 0.6 is 15.6 Å². The van der Waals surface area contributed by atoms with Crippen LogP contribution in [0.15, 0.2) is 97.2 Å². The maximum absolute atomic E-state index is 13.1. The molecule has 0 saturated heterocycles. The maximum Gasteiger partial charge on any atom is 0.472 e. The van der Waals surface area contributed by atoms with Crippen molar-refractivity contribution in [3.05, 3.63) is 97.2 Å². The monoisotopic (exact) mass is 1390 g/mol. The first-order valence-corrected chi connectivity index (χ1v) is 40.5. The van der Waals surface area contributed by atoms with Gasteiger partial charge in [0.05, 0.1) is 32.8 Å². The number of phosphoric acid groups is 2. The summed E-state index contributed by atoms with van der Waals surface area (Å²) in [5.41, 5.74) is 0. The van der Waals surface area contributed by atoms with E-state index in [-0.39, 0.29) is 25.7 Å². The summed E-state index contributed by atoms with van der Waals surface area (Å²) in [5, 5.41) is 10.6. The molecule has 0 aliphatic carbocycles. The van der Waals surface area contributed by atoms with Gasteiger partial charge in [0.2, 0.25) is 0 Å². The van der Waals surface area contributed by atoms with Gasteiger partial charge in [-0.1, -0.05) is 279 Å². The van der Waals surface area contributed by atoms with Crippen LogP contribution in [0.5, 0.6) is 0 Å². The Bertz CT molecular complexity index is 2200. The van der Waals surface area contributed by atoms with Crippen LogP contribution in [0.2, 0.25) is 0 Å². The lowest BCUT2D eigenvalue weighted by molar-refractivity contribution is -0.161. The highest BCUT2D eigenvalue weighted by atomic mass is 31.2. The van der Waals surface area contributed by atoms with Crippen LogP contribution in [0.3, 0.4) is 0 Å². The Kier molecular flexibility index (Phi) is 66.6. The summed E-state index contributed by atoms with van der Waals surface area (Å²) in [7, 11) is -9.97. The second-order valence-corrected chi connectivity index (χ2v) is 27.8. The van der Waals surface area contributed by atoms with E-state index in [4.69, 9.17) is 37.0 Å². The third-order valence-corrected chi connectivity index (χ3v) is 17.4. The molecule has 0 heterocycles. The predicted molar refractivity (Wildman–Crippen MR) is 390 cm³/mol. The highest BCUT2D eigenvalue weighted by molar-refractivity contribution is 7.47. The molecule has 0 aromatic carbocycles. The first-order valence-electron chi connectivity index (χ1n) is 37.5. The Hall–Kier alpha value is -4.02. The minimum absolute atomic E-state index is 0.0660. The highest BCUT2D eigenvalue weighted by Gasteiger charge is 2.30. The average Bonchev–Trinajstić information content (AvgIpc) is 1.36. The summed E-state index contributed by atoms with van der Waals surface area (Å²) in [4.78, 5) is 72.7. The number of allylic oxidation sites excluding steroid dienone is 15. The molecule has 0 aromatic heterocycles. The number of rotatable bonds is 70. The number of aliphatic hydroxyl groups excluding tert-OH is 1. The van der Waals surface area contributed by atoms with E-state index in [1.54, 1.807) is 6.08 Å². The molecule has 0 bridgehead atoms. The summed E-state index contributed by atoms with van der Waals surface area (Å²) in [6, 6.07) is 0. The van der Waals surface area contributed by atoms with Crippen molar-refractivity contribution >= 4 is 39.5 Å². The molecular weight excluding hydrogens is 1260 g/mol. The van der Waals surface area contributed by atoms with Crippen molar-refractivity contribution in [2.45, 2.75) is 329 Å². The molecule has 0 saturated carbocycles. The van der Waals surface area contributed by atoms with Crippen molar-refractivity contribution in [3.63, 3.8) is 0 Å². The quantitative estimate of drug-likeness (QED) is 0.0169. The standard InChI is InChI=1S/C77H134O17P2/c1-5-9-13-17-21-25-29-33-35-39-42-46-50-54-58-62-75(80)88-68-73(94-77(82)64-60-56-52-48-44-40-36-34-30-26-22-18-14-10-6-2)70-92-96(85,86)90-66-71(78)65-89-95(83,84)91-69-72(93-76(81)63-59-55-51-47-43-38-32-28-24-20-16-12-8-4)67-87-74(79)61-57-53-49-45-41-37-31-27-23-19-15-11-7-3/h9,13,15,19,21,25,27,31,33-36,42,46,54,58,71-73,78H,5-8,10-12,14,16-18,20,22-24,26,28-30,32,37-41,43-45,47-53,55-57,59-70H2,1-4H3,(H,83,84)(H,85,86)/b13-9-,19-15-,25-21-,31-27-,35-33-,36-34-,46-42-,58-54-. The van der Waals surface area contributed by atoms with Crippen LogP contribution in [0.4, 0.5) is 0 Å². The number of unbranched alkanes of at least 4 members (excludes halogenated alkanes) is 29. The third-order valence-electron chi connectivity index (χ3n) is 15.5. The van der Waals surface area contributed by atoms with E-state index in [2.05, 4.69) is 101 Å². The lowest BCUT2D eigenvalue weighted by Gasteiger charge is -2.21. The van der Waals surface area contributed by atoms with Gasteiger partial charge < -0.3 is 33.8 Å². The van der Waals surface area contributed by atoms with Gasteiger partial charge in [0.15, 0.2) is 12.2 Å². The van der Waals surface area contributed by atoms with Crippen LogP contribution in [0.25, 0.3) is 0 Å². The lowest BCUT2D eigenvalue weighted by atomic mass is 10.0. The maximum atomic E-state index is 13.1. The number of esters is 4. The first kappa shape index (κ1) is 92.0. The summed E-state index contributed by atoms with van der Waals surface area (Å²) in [5.74, 6) is -2.33. The second kappa shape index (κ2) is 69.5. The summed E-state index contributed by atoms with van der Waals surface area (Å²) < 4.78 is 68.3. The van der Waals surface area contributed by atoms with Gasteiger partial charge in [0.1, 0.15) is 19.3 Å². The van der Waals surface area contributed by atoms with E-state index >= 15 is 0 Å². The van der Waals surface area contributed by atoms with Gasteiger partial charge in [0, 0.05) is 19.3 Å². The molecule has 96 heavy (non-hydrogen) atoms. The Morgan fingerprint density at radius 1 is 0.312 bits per heavy atom. The summed E-state index contributed by atoms with van der Waals surface area (Å²) >= 11 is 0. The Morgan fingerprint density at radius 2 is 0.604 bits per heavy atom. The van der Waals surface area contributed by atoms with Crippen LogP contribution < -0.4 is 0 Å². The molecule has 554 valence electrons. The van der Waals surface area contributed by atoms with Crippen molar-refractivity contribution in [2.24, 2.45) is 0 Å². The zero-order valence-corrected chi connectivity index (χ0v) is 62.1. The van der Waals surface area contributed by atoms with Gasteiger partial charge in [-0.15, -0.1) is 0 Å². The molecule has 0 amide bonds. The molecule has 5 unspecified atom stereocenters. The highest BCUT2D eigenvalue weighted by Crippen LogP contribution is 2.45. The van der Waals surface area contributed by atoms with Crippen molar-refractivity contribution < 1.29 is 80.2 Å². The molecule has 5 atom stereocenters. The fourth-order valence-electron chi connectivity index (χ4n) is 9.86. The van der Waals surface area contributed by atoms with E-state index in [0.29, 0.717) is 25.7 Å². The van der Waals surface area contributed by atoms with E-state index < -0.39 is 97.5 Å². The number of carbonyl (C=O) groups is 4. The minimum atomic E-state index is -4.99. The van der Waals surface area contributed by atoms with Gasteiger partial charge in [-0.05, 0) is 103 Å². The lowest BCUT2D eigenvalue weighted by Crippen LogP contribution is -2.30. The van der Waals surface area contributed by atoms with Crippen molar-refractivity contribution in [3.8, 4) is 0 Å². The van der Waals surface area contributed by atoms with Crippen LogP contribution in [-0.4, -0.2) is 96.7 Å². The SMILES string of the molecule is CC/C=C\C/C=C\C/C=C\C/C=C\C/C=C\CC(=O)OCC(COP(=O)(O)OCC(O)COP(=O)(O)OCC(COC(=O)CCCCCCC/C=C\C/C=C\CCC)OC(=O)CCCCCCCCCCCCCCC)OC(=O)CCCCCCC/C=C\CCCCCCCC. The molecule has 0 aromatic rings. The number of ether oxygens (including phenoxy) is 4. The fourth-order valence-corrected chi connectivity index (χ4v) is 11.4. The number of aliphatic hydroxyl groups is 1. The van der Waals surface area contributed by atoms with Crippen LogP contribution in [-0.2, 0) is 65.4 Å². The normalized spacial score (nSPS) is 14.5. The van der Waals surface area contributed by atoms with E-state index in [0.717, 1.165) is 141 Å². The van der Waals surface area contributed by atoms with Gasteiger partial charge in [0.25, 0.3) is 0 Å². The molecule has 19 heteroatoms. The van der Waals surface area contributed by atoms with Gasteiger partial charge >= 0.3 is 39.5 Å². The van der Waals surface area contributed by atoms with Crippen molar-refractivity contribution in [1.29, 1.82) is 0 Å². The molecule has 17 nitrogen and oxygen atoms in total. The second-order valence-electron chi connectivity index (χ2n) is 24.9. The smallest absolute Gasteiger partial charge is 0.462 e. The molecule has 3 N–H and O–H groups in total. The van der Waals surface area contributed by atoms with Crippen molar-refractivity contribution in [1.82, 2.24) is 0 Å². The van der Waals surface area contributed by atoms with Crippen LogP contribution in [0, 0.1) is 0 Å². The third kappa shape index (κ3) is 68.5. The van der Waals surface area contributed by atoms with Crippen molar-refractivity contribution in [2.75, 3.05) is 39.6 Å². The minimum Gasteiger partial charge on any atom is -0.462 e. The number of hydrogen-bond donors (Lipinski definition) is 3. The Morgan fingerprint density at radius 3 is 0.979 bits per heavy atom. The van der Waals surface area contributed by atoms with Crippen LogP contribution in [0.1, 0.15) is 310 Å². The molecule has 0 rings (SSSR count). The Balaban J connectivity index is 5.41. The fraction of sp³-hybridized carbons (Fsp3) is 0.740. The first-order chi connectivity index (χ1) is 46.7. The van der Waals surface area contributed by atoms with E-state index in [1.807, 2.05) is 18.2 Å². The number of phosphoric ester groups is 2. The molecular formula is C77H134O17P2. The number of carbonyl (C=O) groups excluding carboxylic acids is 4. The van der Waals surface area contributed by atoms with Gasteiger partial charge in [-0.3, -0.25) is 37.3 Å². The number of hydrogen-bond acceptors (Lipinski definition) is 15. The molecule has 0 spiro atoms. The molecule has 0 fully saturated rings. The molecule has 0 radical (unpaired) electrons. The predicted octanol–water partition coefficient (Wildman–Crippen LogP) is 21.2. The van der Waals surface area contributed by atoms with E-state index in [1.165, 1.54) is 89.9 Å². The molecule has 0 aliphatic rings. The van der Waals surface area contributed by atoms with Gasteiger partial charge in [-0.2, -0.15) is 0 Å². The van der Waals surface area contributed by atoms with E-state index in [9.17, 15) is 43.2 Å². The largest absolute Gasteiger partial charge is 0.472 e. The molecule has 0 aliphatic heterocycles. The summed E-state index contributed by atoms with van der Waals surface area (Å²) in [6.07, 6.45) is 71.5. The van der Waals surface area contributed by atoms with Gasteiger partial charge in [-0.25, -0.2) is 9.13 Å². The zero-order valence-electron chi connectivity index (χ0n) is 60.3. The topological polar surface area (TPSA) is 237 Å². The average molecular weight is 1390 g/mol.